The molecule has 8 nitrogen and oxygen atoms in total. The first-order chi connectivity index (χ1) is 16.2. The fourth-order valence-electron chi connectivity index (χ4n) is 3.89. The summed E-state index contributed by atoms with van der Waals surface area (Å²) in [7, 11) is 1.68. The highest BCUT2D eigenvalue weighted by Gasteiger charge is 2.15. The van der Waals surface area contributed by atoms with Crippen LogP contribution in [0.4, 0.5) is 4.79 Å². The summed E-state index contributed by atoms with van der Waals surface area (Å²) in [4.78, 5) is 20.1. The van der Waals surface area contributed by atoms with E-state index in [2.05, 4.69) is 14.9 Å². The molecule has 0 unspecified atom stereocenters. The number of hydrogen-bond donors (Lipinski definition) is 2. The van der Waals surface area contributed by atoms with E-state index in [1.54, 1.807) is 13.3 Å². The Morgan fingerprint density at radius 1 is 1.12 bits per heavy atom. The summed E-state index contributed by atoms with van der Waals surface area (Å²) in [5, 5.41) is 12.2. The Labute approximate surface area is 192 Å². The van der Waals surface area contributed by atoms with E-state index >= 15 is 0 Å². The first kappa shape index (κ1) is 22.5. The van der Waals surface area contributed by atoms with Gasteiger partial charge in [0.2, 0.25) is 0 Å². The van der Waals surface area contributed by atoms with Gasteiger partial charge in [-0.25, -0.2) is 9.78 Å². The van der Waals surface area contributed by atoms with Gasteiger partial charge in [-0.2, -0.15) is 0 Å². The normalized spacial score (nSPS) is 11.2. The summed E-state index contributed by atoms with van der Waals surface area (Å²) in [6, 6.07) is 16.0. The van der Waals surface area contributed by atoms with Crippen molar-refractivity contribution in [1.82, 2.24) is 19.9 Å². The van der Waals surface area contributed by atoms with Gasteiger partial charge >= 0.3 is 6.09 Å². The molecule has 2 aromatic heterocycles. The summed E-state index contributed by atoms with van der Waals surface area (Å²) < 4.78 is 13.5. The van der Waals surface area contributed by atoms with Crippen molar-refractivity contribution in [3.63, 3.8) is 0 Å². The topological polar surface area (TPSA) is 98.5 Å². The number of unbranched alkanes of at least 4 members (excludes halogenated alkanes) is 1. The third-order valence-corrected chi connectivity index (χ3v) is 5.49. The minimum atomic E-state index is -0.994. The van der Waals surface area contributed by atoms with E-state index in [1.807, 2.05) is 48.5 Å². The van der Waals surface area contributed by atoms with Crippen molar-refractivity contribution in [2.24, 2.45) is 0 Å². The number of carboxylic acid groups (broad SMARTS) is 1. The van der Waals surface area contributed by atoms with Gasteiger partial charge in [0.05, 0.1) is 23.8 Å². The van der Waals surface area contributed by atoms with Crippen LogP contribution in [0.5, 0.6) is 5.75 Å². The average molecular weight is 449 g/mol. The van der Waals surface area contributed by atoms with Gasteiger partial charge in [-0.05, 0) is 30.5 Å². The van der Waals surface area contributed by atoms with E-state index in [1.165, 1.54) is 0 Å². The Morgan fingerprint density at radius 3 is 2.76 bits per heavy atom. The number of pyridine rings is 1. The van der Waals surface area contributed by atoms with Crippen LogP contribution in [0.1, 0.15) is 24.2 Å². The molecule has 4 aromatic rings. The van der Waals surface area contributed by atoms with Crippen LogP contribution in [-0.4, -0.2) is 46.0 Å². The number of aromatic nitrogens is 3. The molecule has 0 fully saturated rings. The zero-order valence-corrected chi connectivity index (χ0v) is 18.7. The number of carbonyl (C=O) groups is 1. The predicted molar refractivity (Wildman–Crippen MR) is 127 cm³/mol. The van der Waals surface area contributed by atoms with Gasteiger partial charge in [0, 0.05) is 38.1 Å². The summed E-state index contributed by atoms with van der Waals surface area (Å²) in [6.07, 6.45) is 3.07. The van der Waals surface area contributed by atoms with Crippen LogP contribution in [0.2, 0.25) is 0 Å². The lowest BCUT2D eigenvalue weighted by Gasteiger charge is -2.11. The van der Waals surface area contributed by atoms with Crippen molar-refractivity contribution in [3.05, 3.63) is 66.1 Å². The van der Waals surface area contributed by atoms with Crippen LogP contribution in [0.15, 0.2) is 54.7 Å². The number of nitrogens with one attached hydrogen (secondary N) is 1. The molecule has 172 valence electrons. The lowest BCUT2D eigenvalue weighted by molar-refractivity contribution is 0.194. The van der Waals surface area contributed by atoms with Gasteiger partial charge in [0.1, 0.15) is 23.7 Å². The second-order valence-corrected chi connectivity index (χ2v) is 7.81. The molecule has 0 spiro atoms. The number of aryl methyl sites for hydroxylation is 1. The molecule has 0 radical (unpaired) electrons. The van der Waals surface area contributed by atoms with E-state index < -0.39 is 6.09 Å². The molecule has 0 aliphatic heterocycles. The first-order valence-corrected chi connectivity index (χ1v) is 11.1. The zero-order chi connectivity index (χ0) is 23.0. The molecule has 0 saturated carbocycles. The van der Waals surface area contributed by atoms with E-state index in [-0.39, 0.29) is 0 Å². The smallest absolute Gasteiger partial charge is 0.404 e. The second-order valence-electron chi connectivity index (χ2n) is 7.81. The number of rotatable bonds is 11. The SMILES string of the molecule is COCCc1nc2cnc3cc(OCc4ccccc4)ccc3c2n1CCCCNC(=O)O. The molecule has 2 heterocycles. The van der Waals surface area contributed by atoms with Crippen LogP contribution in [-0.2, 0) is 24.3 Å². The summed E-state index contributed by atoms with van der Waals surface area (Å²) in [6.45, 7) is 2.24. The third-order valence-electron chi connectivity index (χ3n) is 5.49. The molecule has 0 saturated heterocycles. The monoisotopic (exact) mass is 448 g/mol. The summed E-state index contributed by atoms with van der Waals surface area (Å²) >= 11 is 0. The Kier molecular flexibility index (Phi) is 7.36. The Bertz CT molecular complexity index is 1220. The summed E-state index contributed by atoms with van der Waals surface area (Å²) in [5.74, 6) is 1.71. The molecule has 0 bridgehead atoms. The Morgan fingerprint density at radius 2 is 1.97 bits per heavy atom. The quantitative estimate of drug-likeness (QED) is 0.330. The number of hydrogen-bond acceptors (Lipinski definition) is 5. The predicted octanol–water partition coefficient (Wildman–Crippen LogP) is 4.40. The van der Waals surface area contributed by atoms with Gasteiger partial charge in [-0.15, -0.1) is 0 Å². The Hall–Kier alpha value is -3.65. The number of fused-ring (bicyclic) bond motifs is 3. The van der Waals surface area contributed by atoms with Crippen LogP contribution in [0.25, 0.3) is 21.9 Å². The number of imidazole rings is 1. The molecule has 33 heavy (non-hydrogen) atoms. The highest BCUT2D eigenvalue weighted by Crippen LogP contribution is 2.28. The van der Waals surface area contributed by atoms with Gasteiger partial charge < -0.3 is 24.5 Å². The zero-order valence-electron chi connectivity index (χ0n) is 18.7. The van der Waals surface area contributed by atoms with Gasteiger partial charge in [-0.3, -0.25) is 4.98 Å². The molecule has 0 atom stereocenters. The first-order valence-electron chi connectivity index (χ1n) is 11.1. The van der Waals surface area contributed by atoms with Crippen molar-refractivity contribution in [2.75, 3.05) is 20.3 Å². The van der Waals surface area contributed by atoms with E-state index in [9.17, 15) is 4.79 Å². The standard InChI is InChI=1S/C25H28N4O4/c1-32-14-11-23-28-22-16-27-21-15-19(33-17-18-7-3-2-4-8-18)9-10-20(21)24(22)29(23)13-6-5-12-26-25(30)31/h2-4,7-10,15-16,26H,5-6,11-14,17H2,1H3,(H,30,31). The average Bonchev–Trinajstić information content (AvgIpc) is 3.19. The minimum absolute atomic E-state index is 0.430. The minimum Gasteiger partial charge on any atom is -0.489 e. The van der Waals surface area contributed by atoms with Crippen molar-refractivity contribution in [2.45, 2.75) is 32.4 Å². The fourth-order valence-corrected chi connectivity index (χ4v) is 3.89. The van der Waals surface area contributed by atoms with E-state index in [4.69, 9.17) is 19.6 Å². The third kappa shape index (κ3) is 5.59. The lowest BCUT2D eigenvalue weighted by Crippen LogP contribution is -2.22. The maximum absolute atomic E-state index is 10.7. The van der Waals surface area contributed by atoms with Gasteiger partial charge in [-0.1, -0.05) is 30.3 Å². The van der Waals surface area contributed by atoms with Crippen molar-refractivity contribution in [1.29, 1.82) is 0 Å². The number of benzene rings is 2. The van der Waals surface area contributed by atoms with E-state index in [0.29, 0.717) is 26.2 Å². The Balaban J connectivity index is 1.60. The lowest BCUT2D eigenvalue weighted by atomic mass is 10.1. The summed E-state index contributed by atoms with van der Waals surface area (Å²) in [5.41, 5.74) is 3.83. The van der Waals surface area contributed by atoms with Crippen molar-refractivity contribution >= 4 is 28.0 Å². The van der Waals surface area contributed by atoms with Crippen molar-refractivity contribution < 1.29 is 19.4 Å². The molecule has 0 aliphatic carbocycles. The maximum atomic E-state index is 10.7. The molecule has 2 N–H and O–H groups in total. The van der Waals surface area contributed by atoms with Crippen LogP contribution < -0.4 is 10.1 Å². The van der Waals surface area contributed by atoms with Gasteiger partial charge in [0.15, 0.2) is 0 Å². The van der Waals surface area contributed by atoms with Crippen LogP contribution >= 0.6 is 0 Å². The van der Waals surface area contributed by atoms with Crippen LogP contribution in [0, 0.1) is 0 Å². The number of methoxy groups -OCH3 is 1. The molecule has 4 rings (SSSR count). The number of amides is 1. The number of nitrogens with zero attached hydrogens (tertiary/aromatic N) is 3. The second kappa shape index (κ2) is 10.8. The van der Waals surface area contributed by atoms with Crippen LogP contribution in [0.3, 0.4) is 0 Å². The van der Waals surface area contributed by atoms with Crippen molar-refractivity contribution in [3.8, 4) is 5.75 Å². The van der Waals surface area contributed by atoms with E-state index in [0.717, 1.165) is 58.5 Å². The molecule has 8 heteroatoms. The van der Waals surface area contributed by atoms with Gasteiger partial charge in [0.25, 0.3) is 0 Å². The molecular formula is C25H28N4O4. The molecule has 0 aliphatic rings. The fraction of sp³-hybridized carbons (Fsp3) is 0.320. The largest absolute Gasteiger partial charge is 0.489 e. The maximum Gasteiger partial charge on any atom is 0.404 e. The molecule has 1 amide bonds. The highest BCUT2D eigenvalue weighted by atomic mass is 16.5. The molecule has 2 aromatic carbocycles. The highest BCUT2D eigenvalue weighted by molar-refractivity contribution is 6.02. The molecular weight excluding hydrogens is 420 g/mol. The number of ether oxygens (including phenoxy) is 2.